The summed E-state index contributed by atoms with van der Waals surface area (Å²) in [5.74, 6) is -0.0724. The van der Waals surface area contributed by atoms with Gasteiger partial charge in [-0.05, 0) is 65.8 Å². The second-order valence-electron chi connectivity index (χ2n) is 6.38. The Labute approximate surface area is 161 Å². The number of carboxylic acids is 1. The molecule has 27 heavy (non-hydrogen) atoms. The maximum atomic E-state index is 10.8. The minimum Gasteiger partial charge on any atom is -0.481 e. The molecule has 1 heterocycles. The van der Waals surface area contributed by atoms with Crippen LogP contribution < -0.4 is 5.32 Å². The van der Waals surface area contributed by atoms with Gasteiger partial charge in [-0.15, -0.1) is 0 Å². The van der Waals surface area contributed by atoms with E-state index in [1.165, 1.54) is 5.56 Å². The van der Waals surface area contributed by atoms with E-state index in [2.05, 4.69) is 42.5 Å². The van der Waals surface area contributed by atoms with Gasteiger partial charge in [0, 0.05) is 11.9 Å². The highest BCUT2D eigenvalue weighted by Gasteiger charge is 2.03. The average Bonchev–Trinajstić information content (AvgIpc) is 2.65. The van der Waals surface area contributed by atoms with Crippen molar-refractivity contribution in [1.82, 2.24) is 4.98 Å². The second-order valence-corrected chi connectivity index (χ2v) is 6.38. The molecular weight excluding hydrogens is 336 g/mol. The molecule has 0 saturated heterocycles. The van der Waals surface area contributed by atoms with Crippen LogP contribution in [-0.4, -0.2) is 16.1 Å². The third kappa shape index (κ3) is 6.94. The van der Waals surface area contributed by atoms with Crippen molar-refractivity contribution in [3.8, 4) is 0 Å². The number of carbonyl (C=O) groups is 1. The van der Waals surface area contributed by atoms with Crippen LogP contribution in [0.3, 0.4) is 0 Å². The second kappa shape index (κ2) is 10.1. The summed E-state index contributed by atoms with van der Waals surface area (Å²) in [6, 6.07) is 12.3. The summed E-state index contributed by atoms with van der Waals surface area (Å²) in [6.45, 7) is 9.73. The minimum atomic E-state index is -0.878. The van der Waals surface area contributed by atoms with Crippen LogP contribution in [0.2, 0.25) is 0 Å². The third-order valence-corrected chi connectivity index (χ3v) is 4.16. The number of aryl methyl sites for hydroxylation is 2. The average molecular weight is 362 g/mol. The molecule has 4 nitrogen and oxygen atoms in total. The van der Waals surface area contributed by atoms with Gasteiger partial charge in [-0.25, -0.2) is 4.98 Å². The normalized spacial score (nSPS) is 11.1. The molecule has 1 aromatic carbocycles. The maximum absolute atomic E-state index is 10.8. The van der Waals surface area contributed by atoms with E-state index < -0.39 is 5.97 Å². The Morgan fingerprint density at radius 1 is 1.26 bits per heavy atom. The summed E-state index contributed by atoms with van der Waals surface area (Å²) in [5.41, 5.74) is 5.00. The lowest BCUT2D eigenvalue weighted by Crippen LogP contribution is -1.97. The molecule has 2 rings (SSSR count). The molecule has 0 amide bonds. The molecule has 0 bridgehead atoms. The van der Waals surface area contributed by atoms with Crippen molar-refractivity contribution in [2.45, 2.75) is 32.6 Å². The Hall–Kier alpha value is -3.14. The lowest BCUT2D eigenvalue weighted by Gasteiger charge is -2.09. The molecule has 0 unspecified atom stereocenters. The summed E-state index contributed by atoms with van der Waals surface area (Å²) >= 11 is 0. The van der Waals surface area contributed by atoms with E-state index in [1.807, 2.05) is 24.3 Å². The van der Waals surface area contributed by atoms with Gasteiger partial charge in [-0.1, -0.05) is 44.4 Å². The van der Waals surface area contributed by atoms with Crippen LogP contribution in [0.5, 0.6) is 0 Å². The summed E-state index contributed by atoms with van der Waals surface area (Å²) < 4.78 is 0. The van der Waals surface area contributed by atoms with Gasteiger partial charge in [-0.3, -0.25) is 4.79 Å². The molecule has 140 valence electrons. The van der Waals surface area contributed by atoms with E-state index in [9.17, 15) is 4.79 Å². The summed E-state index contributed by atoms with van der Waals surface area (Å²) in [4.78, 5) is 15.2. The van der Waals surface area contributed by atoms with Crippen molar-refractivity contribution in [2.75, 3.05) is 5.32 Å². The number of aliphatic carboxylic acids is 1. The van der Waals surface area contributed by atoms with Crippen LogP contribution in [-0.2, 0) is 17.6 Å². The molecule has 0 aliphatic carbocycles. The molecule has 1 aromatic heterocycles. The van der Waals surface area contributed by atoms with Crippen LogP contribution >= 0.6 is 0 Å². The molecule has 0 atom stereocenters. The number of hydrogen-bond acceptors (Lipinski definition) is 3. The van der Waals surface area contributed by atoms with Crippen LogP contribution in [0, 0.1) is 0 Å². The molecule has 0 aliphatic heterocycles. The third-order valence-electron chi connectivity index (χ3n) is 4.16. The van der Waals surface area contributed by atoms with Crippen LogP contribution in [0.1, 0.15) is 30.9 Å². The fourth-order valence-corrected chi connectivity index (χ4v) is 2.74. The van der Waals surface area contributed by atoms with Crippen LogP contribution in [0.25, 0.3) is 0 Å². The van der Waals surface area contributed by atoms with Crippen molar-refractivity contribution in [2.24, 2.45) is 0 Å². The van der Waals surface area contributed by atoms with E-state index in [1.54, 1.807) is 18.3 Å². The molecule has 0 saturated carbocycles. The smallest absolute Gasteiger partial charge is 0.307 e. The van der Waals surface area contributed by atoms with Gasteiger partial charge in [0.25, 0.3) is 0 Å². The molecular formula is C23H26N2O2. The quantitative estimate of drug-likeness (QED) is 0.551. The maximum Gasteiger partial charge on any atom is 0.307 e. The number of anilines is 2. The van der Waals surface area contributed by atoms with Gasteiger partial charge >= 0.3 is 5.97 Å². The van der Waals surface area contributed by atoms with Crippen LogP contribution in [0.4, 0.5) is 11.5 Å². The van der Waals surface area contributed by atoms with Gasteiger partial charge in [0.2, 0.25) is 0 Å². The summed E-state index contributed by atoms with van der Waals surface area (Å²) in [7, 11) is 0. The Morgan fingerprint density at radius 2 is 2.07 bits per heavy atom. The summed E-state index contributed by atoms with van der Waals surface area (Å²) in [6.07, 6.45) is 7.86. The van der Waals surface area contributed by atoms with E-state index >= 15 is 0 Å². The van der Waals surface area contributed by atoms with Gasteiger partial charge in [0.1, 0.15) is 5.82 Å². The first-order valence-electron chi connectivity index (χ1n) is 9.03. The van der Waals surface area contributed by atoms with Crippen molar-refractivity contribution in [1.29, 1.82) is 0 Å². The van der Waals surface area contributed by atoms with Gasteiger partial charge in [0.05, 0.1) is 6.42 Å². The molecule has 0 aliphatic rings. The Morgan fingerprint density at radius 3 is 2.78 bits per heavy atom. The lowest BCUT2D eigenvalue weighted by atomic mass is 10.0. The molecule has 0 fully saturated rings. The Balaban J connectivity index is 2.02. The number of pyridine rings is 1. The highest BCUT2D eigenvalue weighted by atomic mass is 16.4. The number of nitrogens with one attached hydrogen (secondary N) is 1. The molecule has 4 heteroatoms. The fourth-order valence-electron chi connectivity index (χ4n) is 2.74. The van der Waals surface area contributed by atoms with E-state index in [-0.39, 0.29) is 6.42 Å². The highest BCUT2D eigenvalue weighted by molar-refractivity contribution is 5.70. The van der Waals surface area contributed by atoms with E-state index in [0.717, 1.165) is 41.9 Å². The zero-order valence-electron chi connectivity index (χ0n) is 15.7. The standard InChI is InChI=1S/C23H26N2O2/c1-4-18-7-6-8-21(15-18)25-22-16-20(11-12-24-22)10-9-19(5-2)13-17(3)14-23(26)27/h5-8,11-13,15-16H,2-4,9-10,14H2,1H3,(H,24,25)(H,26,27)/b19-13+. The van der Waals surface area contributed by atoms with Crippen LogP contribution in [0.15, 0.2) is 79.1 Å². The predicted octanol–water partition coefficient (Wildman–Crippen LogP) is 5.46. The minimum absolute atomic E-state index is 0.0580. The van der Waals surface area contributed by atoms with Gasteiger partial charge < -0.3 is 10.4 Å². The Bertz CT molecular complexity index is 853. The number of benzene rings is 1. The SMILES string of the molecule is C=C/C(=C\C(=C)CC(=O)O)CCc1ccnc(Nc2cccc(CC)c2)c1. The summed E-state index contributed by atoms with van der Waals surface area (Å²) in [5, 5.41) is 12.2. The number of allylic oxidation sites excluding steroid dienone is 3. The Kier molecular flexibility index (Phi) is 7.56. The highest BCUT2D eigenvalue weighted by Crippen LogP contribution is 2.19. The zero-order valence-corrected chi connectivity index (χ0v) is 15.7. The zero-order chi connectivity index (χ0) is 19.6. The predicted molar refractivity (Wildman–Crippen MR) is 111 cm³/mol. The van der Waals surface area contributed by atoms with Crippen molar-refractivity contribution < 1.29 is 9.90 Å². The van der Waals surface area contributed by atoms with E-state index in [0.29, 0.717) is 5.57 Å². The molecule has 0 spiro atoms. The first kappa shape index (κ1) is 20.2. The van der Waals surface area contributed by atoms with Gasteiger partial charge in [0.15, 0.2) is 0 Å². The molecule has 0 radical (unpaired) electrons. The number of hydrogen-bond donors (Lipinski definition) is 2. The van der Waals surface area contributed by atoms with Crippen molar-refractivity contribution >= 4 is 17.5 Å². The monoisotopic (exact) mass is 362 g/mol. The number of carboxylic acid groups (broad SMARTS) is 1. The van der Waals surface area contributed by atoms with Gasteiger partial charge in [-0.2, -0.15) is 0 Å². The number of nitrogens with zero attached hydrogens (tertiary/aromatic N) is 1. The largest absolute Gasteiger partial charge is 0.481 e. The first-order valence-corrected chi connectivity index (χ1v) is 9.03. The number of rotatable bonds is 10. The topological polar surface area (TPSA) is 62.2 Å². The lowest BCUT2D eigenvalue weighted by molar-refractivity contribution is -0.136. The number of aromatic nitrogens is 1. The van der Waals surface area contributed by atoms with Crippen molar-refractivity contribution in [3.63, 3.8) is 0 Å². The fraction of sp³-hybridized carbons (Fsp3) is 0.217. The first-order chi connectivity index (χ1) is 13.0. The molecule has 2 N–H and O–H groups in total. The van der Waals surface area contributed by atoms with E-state index in [4.69, 9.17) is 5.11 Å². The molecule has 2 aromatic rings. The van der Waals surface area contributed by atoms with Crippen molar-refractivity contribution in [3.05, 3.63) is 90.2 Å².